The molecule has 0 fully saturated rings. The predicted octanol–water partition coefficient (Wildman–Crippen LogP) is 0.848. The summed E-state index contributed by atoms with van der Waals surface area (Å²) in [5, 5.41) is 33.8. The maximum absolute atomic E-state index is 10.7. The zero-order valence-corrected chi connectivity index (χ0v) is 9.10. The van der Waals surface area contributed by atoms with Crippen molar-refractivity contribution in [2.24, 2.45) is 0 Å². The molecule has 10 heteroatoms. The van der Waals surface area contributed by atoms with Gasteiger partial charge in [0, 0.05) is 0 Å². The van der Waals surface area contributed by atoms with E-state index in [1.165, 1.54) is 25.1 Å². The average molecular weight is 256 g/mol. The van der Waals surface area contributed by atoms with Gasteiger partial charge in [0.2, 0.25) is 0 Å². The van der Waals surface area contributed by atoms with Gasteiger partial charge in [0.25, 0.3) is 0 Å². The van der Waals surface area contributed by atoms with Crippen molar-refractivity contribution in [3.63, 3.8) is 0 Å². The van der Waals surface area contributed by atoms with E-state index in [4.69, 9.17) is 0 Å². The first kappa shape index (κ1) is 13.3. The van der Waals surface area contributed by atoms with Crippen LogP contribution in [0.4, 0.5) is 5.69 Å². The van der Waals surface area contributed by atoms with Crippen molar-refractivity contribution in [1.29, 1.82) is 0 Å². The molecule has 10 nitrogen and oxygen atoms in total. The van der Waals surface area contributed by atoms with Gasteiger partial charge in [-0.15, -0.1) is 0 Å². The van der Waals surface area contributed by atoms with Gasteiger partial charge in [-0.2, -0.15) is 5.32 Å². The zero-order chi connectivity index (χ0) is 13.9. The summed E-state index contributed by atoms with van der Waals surface area (Å²) in [4.78, 5) is 27.3. The summed E-state index contributed by atoms with van der Waals surface area (Å²) in [7, 11) is 0. The van der Waals surface area contributed by atoms with Crippen molar-refractivity contribution < 1.29 is 14.8 Å². The summed E-state index contributed by atoms with van der Waals surface area (Å²) in [6.45, 7) is 1.51. The largest absolute Gasteiger partial charge is 0.800 e. The van der Waals surface area contributed by atoms with E-state index in [9.17, 15) is 30.3 Å². The summed E-state index contributed by atoms with van der Waals surface area (Å²) in [5.74, 6) is -3.69. The molecule has 0 unspecified atom stereocenters. The first-order valence-electron chi connectivity index (χ1n) is 4.59. The molecule has 0 atom stereocenters. The van der Waals surface area contributed by atoms with Crippen molar-refractivity contribution in [2.45, 2.75) is 12.8 Å². The Morgan fingerprint density at radius 1 is 1.00 bits per heavy atom. The minimum atomic E-state index is -3.69. The molecule has 0 heterocycles. The summed E-state index contributed by atoms with van der Waals surface area (Å²) in [6, 6.07) is 5.82. The van der Waals surface area contributed by atoms with Crippen LogP contribution in [0.2, 0.25) is 0 Å². The summed E-state index contributed by atoms with van der Waals surface area (Å²) >= 11 is 0. The fourth-order valence-corrected chi connectivity index (χ4v) is 1.23. The van der Waals surface area contributed by atoms with Gasteiger partial charge in [0.1, 0.15) is 0 Å². The molecule has 0 aromatic heterocycles. The zero-order valence-electron chi connectivity index (χ0n) is 9.10. The Bertz CT molecular complexity index is 480. The third-order valence-corrected chi connectivity index (χ3v) is 2.21. The highest BCUT2D eigenvalue weighted by atomic mass is 16.7. The van der Waals surface area contributed by atoms with E-state index >= 15 is 0 Å². The maximum Gasteiger partial charge on any atom is 0.800 e. The molecule has 1 N–H and O–H groups in total. The van der Waals surface area contributed by atoms with Crippen molar-refractivity contribution in [3.05, 3.63) is 60.2 Å². The molecule has 1 aromatic rings. The Kier molecular flexibility index (Phi) is 3.40. The lowest BCUT2D eigenvalue weighted by Crippen LogP contribution is -2.59. The van der Waals surface area contributed by atoms with Gasteiger partial charge in [0.15, 0.2) is 14.8 Å². The number of anilines is 1. The van der Waals surface area contributed by atoms with Gasteiger partial charge in [0.05, 0.1) is 5.69 Å². The maximum atomic E-state index is 10.7. The van der Waals surface area contributed by atoms with Gasteiger partial charge >= 0.3 is 5.91 Å². The molecule has 0 bridgehead atoms. The second kappa shape index (κ2) is 4.61. The molecule has 0 aliphatic heterocycles. The molecule has 0 amide bonds. The molecular weight excluding hydrogens is 248 g/mol. The van der Waals surface area contributed by atoms with Crippen LogP contribution in [0, 0.1) is 37.3 Å². The highest BCUT2D eigenvalue weighted by molar-refractivity contribution is 5.50. The fraction of sp³-hybridized carbons (Fsp3) is 0.250. The second-order valence-corrected chi connectivity index (χ2v) is 3.35. The fourth-order valence-electron chi connectivity index (χ4n) is 1.23. The van der Waals surface area contributed by atoms with E-state index in [0.29, 0.717) is 5.56 Å². The van der Waals surface area contributed by atoms with Gasteiger partial charge < -0.3 is 0 Å². The minimum absolute atomic E-state index is 0.0531. The third-order valence-electron chi connectivity index (χ3n) is 2.21. The SMILES string of the molecule is Cc1ccccc1NC([N+](=O)[O-])([N+](=O)[O-])[N+](=O)[O-]. The molecule has 0 aliphatic rings. The molecule has 0 radical (unpaired) electrons. The second-order valence-electron chi connectivity index (χ2n) is 3.35. The van der Waals surface area contributed by atoms with E-state index in [0.717, 1.165) is 0 Å². The van der Waals surface area contributed by atoms with Gasteiger partial charge in [-0.25, -0.2) is 0 Å². The smallest absolute Gasteiger partial charge is 0.251 e. The van der Waals surface area contributed by atoms with Crippen LogP contribution >= 0.6 is 0 Å². The number of hydrogen-bond acceptors (Lipinski definition) is 7. The molecule has 1 aromatic carbocycles. The lowest BCUT2D eigenvalue weighted by atomic mass is 10.2. The van der Waals surface area contributed by atoms with Crippen molar-refractivity contribution in [2.75, 3.05) is 5.32 Å². The number of nitrogens with one attached hydrogen (secondary N) is 1. The number of nitro groups is 3. The molecule has 0 aliphatic carbocycles. The van der Waals surface area contributed by atoms with Gasteiger partial charge in [-0.05, 0) is 18.6 Å². The van der Waals surface area contributed by atoms with Crippen LogP contribution in [-0.4, -0.2) is 20.7 Å². The molecule has 0 spiro atoms. The van der Waals surface area contributed by atoms with Crippen LogP contribution in [0.15, 0.2) is 24.3 Å². The first-order valence-corrected chi connectivity index (χ1v) is 4.59. The highest BCUT2D eigenvalue weighted by Gasteiger charge is 2.72. The first-order chi connectivity index (χ1) is 8.32. The van der Waals surface area contributed by atoms with E-state index in [-0.39, 0.29) is 5.69 Å². The standard InChI is InChI=1S/C8H8N4O6/c1-6-4-2-3-5-7(6)9-8(10(13)14,11(15)16)12(17)18/h2-5,9H,1H3. The van der Waals surface area contributed by atoms with Crippen molar-refractivity contribution in [1.82, 2.24) is 0 Å². The van der Waals surface area contributed by atoms with Crippen molar-refractivity contribution >= 4 is 5.69 Å². The summed E-state index contributed by atoms with van der Waals surface area (Å²) < 4.78 is 0. The number of rotatable bonds is 5. The third kappa shape index (κ3) is 2.03. The Labute approximate surface area is 99.7 Å². The average Bonchev–Trinajstić information content (AvgIpc) is 2.26. The topological polar surface area (TPSA) is 141 Å². The lowest BCUT2D eigenvalue weighted by Gasteiger charge is -2.11. The van der Waals surface area contributed by atoms with Gasteiger partial charge in [-0.1, -0.05) is 18.2 Å². The van der Waals surface area contributed by atoms with E-state index in [1.807, 2.05) is 0 Å². The van der Waals surface area contributed by atoms with Crippen LogP contribution in [0.1, 0.15) is 5.56 Å². The highest BCUT2D eigenvalue weighted by Crippen LogP contribution is 2.21. The minimum Gasteiger partial charge on any atom is -0.251 e. The number of nitrogens with zero attached hydrogens (tertiary/aromatic N) is 3. The molecular formula is C8H8N4O6. The van der Waals surface area contributed by atoms with Crippen molar-refractivity contribution in [3.8, 4) is 0 Å². The number of para-hydroxylation sites is 1. The van der Waals surface area contributed by atoms with E-state index in [2.05, 4.69) is 0 Å². The number of aryl methyl sites for hydroxylation is 1. The van der Waals surface area contributed by atoms with E-state index < -0.39 is 20.7 Å². The lowest BCUT2D eigenvalue weighted by molar-refractivity contribution is -0.960. The molecule has 0 saturated heterocycles. The molecule has 0 saturated carbocycles. The summed E-state index contributed by atoms with van der Waals surface area (Å²) in [5.41, 5.74) is 0.357. The molecule has 96 valence electrons. The summed E-state index contributed by atoms with van der Waals surface area (Å²) in [6.07, 6.45) is 0. The number of benzene rings is 1. The monoisotopic (exact) mass is 256 g/mol. The van der Waals surface area contributed by atoms with Crippen LogP contribution < -0.4 is 5.32 Å². The van der Waals surface area contributed by atoms with E-state index in [1.54, 1.807) is 11.4 Å². The Morgan fingerprint density at radius 3 is 1.83 bits per heavy atom. The van der Waals surface area contributed by atoms with Crippen LogP contribution in [0.25, 0.3) is 0 Å². The molecule has 1 rings (SSSR count). The van der Waals surface area contributed by atoms with Crippen LogP contribution in [-0.2, 0) is 0 Å². The predicted molar refractivity (Wildman–Crippen MR) is 58.5 cm³/mol. The van der Waals surface area contributed by atoms with Crippen LogP contribution in [0.5, 0.6) is 0 Å². The van der Waals surface area contributed by atoms with Crippen LogP contribution in [0.3, 0.4) is 0 Å². The Morgan fingerprint density at radius 2 is 1.44 bits per heavy atom. The Balaban J connectivity index is 3.30. The quantitative estimate of drug-likeness (QED) is 0.467. The Hall–Kier alpha value is -2.78. The number of hydrogen-bond donors (Lipinski definition) is 1. The normalized spacial score (nSPS) is 10.7. The van der Waals surface area contributed by atoms with Gasteiger partial charge in [-0.3, -0.25) is 30.3 Å². The molecule has 18 heavy (non-hydrogen) atoms.